The van der Waals surface area contributed by atoms with E-state index < -0.39 is 0 Å². The van der Waals surface area contributed by atoms with Gasteiger partial charge in [-0.15, -0.1) is 0 Å². The van der Waals surface area contributed by atoms with Crippen molar-refractivity contribution in [3.63, 3.8) is 0 Å². The predicted molar refractivity (Wildman–Crippen MR) is 118 cm³/mol. The molecule has 3 aromatic rings. The largest absolute Gasteiger partial charge is 0.378 e. The second-order valence-electron chi connectivity index (χ2n) is 8.22. The molecule has 1 amide bonds. The summed E-state index contributed by atoms with van der Waals surface area (Å²) in [7, 11) is 0. The number of ether oxygens (including phenoxy) is 1. The van der Waals surface area contributed by atoms with Crippen LogP contribution in [0.3, 0.4) is 0 Å². The van der Waals surface area contributed by atoms with Crippen LogP contribution in [0.15, 0.2) is 43.0 Å². The van der Waals surface area contributed by atoms with E-state index in [2.05, 4.69) is 29.7 Å². The van der Waals surface area contributed by atoms with E-state index in [1.165, 1.54) is 12.8 Å². The fourth-order valence-corrected chi connectivity index (χ4v) is 3.72. The summed E-state index contributed by atoms with van der Waals surface area (Å²) >= 11 is 0. The number of hydrogen-bond donors (Lipinski definition) is 1. The van der Waals surface area contributed by atoms with Gasteiger partial charge in [-0.3, -0.25) is 9.78 Å². The van der Waals surface area contributed by atoms with Crippen LogP contribution in [0.25, 0.3) is 11.1 Å². The van der Waals surface area contributed by atoms with Crippen LogP contribution in [0.4, 0.5) is 11.6 Å². The first-order valence-electron chi connectivity index (χ1n) is 10.7. The molecule has 1 N–H and O–H groups in total. The number of hydrogen-bond acceptors (Lipinski definition) is 6. The molecule has 2 aliphatic rings. The van der Waals surface area contributed by atoms with Crippen molar-refractivity contribution in [1.29, 1.82) is 0 Å². The van der Waals surface area contributed by atoms with Crippen LogP contribution in [0.1, 0.15) is 29.0 Å². The molecular formula is C23H26N6O2. The molecule has 0 spiro atoms. The maximum atomic E-state index is 13.0. The maximum Gasteiger partial charge on any atom is 0.272 e. The third-order valence-corrected chi connectivity index (χ3v) is 5.72. The first-order chi connectivity index (χ1) is 15.2. The standard InChI is InChI=1S/C23H26N6O2/c1-16-2-5-20(13-24-16)27-22(30)21-10-18(15-29(21)14-17-3-4-17)19-11-25-23(26-12-19)28-6-8-31-9-7-28/h2,5,10-13,15,17H,3-4,6-9,14H2,1H3,(H,27,30). The summed E-state index contributed by atoms with van der Waals surface area (Å²) in [5.41, 5.74) is 4.09. The first-order valence-corrected chi connectivity index (χ1v) is 10.7. The third kappa shape index (κ3) is 4.59. The van der Waals surface area contributed by atoms with E-state index in [0.29, 0.717) is 36.5 Å². The molecule has 0 radical (unpaired) electrons. The smallest absolute Gasteiger partial charge is 0.272 e. The van der Waals surface area contributed by atoms with Gasteiger partial charge in [0.1, 0.15) is 5.69 Å². The number of pyridine rings is 1. The molecule has 1 saturated carbocycles. The number of carbonyl (C=O) groups excluding carboxylic acids is 1. The van der Waals surface area contributed by atoms with E-state index in [0.717, 1.165) is 36.5 Å². The summed E-state index contributed by atoms with van der Waals surface area (Å²) in [6, 6.07) is 5.68. The van der Waals surface area contributed by atoms with Crippen LogP contribution in [0, 0.1) is 12.8 Å². The second kappa shape index (κ2) is 8.47. The van der Waals surface area contributed by atoms with Crippen LogP contribution in [0.5, 0.6) is 0 Å². The minimum Gasteiger partial charge on any atom is -0.378 e. The molecule has 8 nitrogen and oxygen atoms in total. The van der Waals surface area contributed by atoms with E-state index in [9.17, 15) is 4.79 Å². The van der Waals surface area contributed by atoms with Gasteiger partial charge >= 0.3 is 0 Å². The van der Waals surface area contributed by atoms with Crippen LogP contribution < -0.4 is 10.2 Å². The molecule has 1 aliphatic carbocycles. The van der Waals surface area contributed by atoms with Gasteiger partial charge < -0.3 is 19.5 Å². The van der Waals surface area contributed by atoms with Gasteiger partial charge in [-0.2, -0.15) is 0 Å². The number of amides is 1. The van der Waals surface area contributed by atoms with Crippen molar-refractivity contribution in [2.75, 3.05) is 36.5 Å². The van der Waals surface area contributed by atoms with Crippen LogP contribution in [-0.4, -0.2) is 51.7 Å². The fraction of sp³-hybridized carbons (Fsp3) is 0.391. The molecule has 31 heavy (non-hydrogen) atoms. The lowest BCUT2D eigenvalue weighted by atomic mass is 10.2. The number of carbonyl (C=O) groups is 1. The zero-order valence-electron chi connectivity index (χ0n) is 17.6. The van der Waals surface area contributed by atoms with Gasteiger partial charge in [0, 0.05) is 55.0 Å². The highest BCUT2D eigenvalue weighted by molar-refractivity contribution is 6.04. The SMILES string of the molecule is Cc1ccc(NC(=O)c2cc(-c3cnc(N4CCOCC4)nc3)cn2CC2CC2)cn1. The quantitative estimate of drug-likeness (QED) is 0.662. The number of anilines is 2. The molecule has 0 aromatic carbocycles. The predicted octanol–water partition coefficient (Wildman–Crippen LogP) is 3.15. The van der Waals surface area contributed by atoms with Gasteiger partial charge in [-0.25, -0.2) is 9.97 Å². The maximum absolute atomic E-state index is 13.0. The Morgan fingerprint density at radius 1 is 1.10 bits per heavy atom. The summed E-state index contributed by atoms with van der Waals surface area (Å²) in [5.74, 6) is 1.23. The molecule has 2 fully saturated rings. The van der Waals surface area contributed by atoms with Gasteiger partial charge in [-0.1, -0.05) is 0 Å². The first kappa shape index (κ1) is 19.7. The van der Waals surface area contributed by atoms with Crippen molar-refractivity contribution >= 4 is 17.5 Å². The average Bonchev–Trinajstić information content (AvgIpc) is 3.52. The Labute approximate surface area is 181 Å². The third-order valence-electron chi connectivity index (χ3n) is 5.72. The van der Waals surface area contributed by atoms with Crippen LogP contribution in [0.2, 0.25) is 0 Å². The highest BCUT2D eigenvalue weighted by Gasteiger charge is 2.25. The summed E-state index contributed by atoms with van der Waals surface area (Å²) in [4.78, 5) is 28.5. The van der Waals surface area contributed by atoms with Crippen molar-refractivity contribution in [2.24, 2.45) is 5.92 Å². The lowest BCUT2D eigenvalue weighted by Gasteiger charge is -2.26. The summed E-state index contributed by atoms with van der Waals surface area (Å²) < 4.78 is 7.45. The Morgan fingerprint density at radius 2 is 1.87 bits per heavy atom. The minimum absolute atomic E-state index is 0.136. The molecular weight excluding hydrogens is 392 g/mol. The van der Waals surface area contributed by atoms with E-state index in [-0.39, 0.29) is 5.91 Å². The fourth-order valence-electron chi connectivity index (χ4n) is 3.72. The summed E-state index contributed by atoms with van der Waals surface area (Å²) in [6.45, 7) is 5.77. The number of nitrogens with zero attached hydrogens (tertiary/aromatic N) is 5. The molecule has 160 valence electrons. The molecule has 1 saturated heterocycles. The van der Waals surface area contributed by atoms with Gasteiger partial charge in [-0.05, 0) is 43.9 Å². The number of morpholine rings is 1. The van der Waals surface area contributed by atoms with Crippen LogP contribution in [-0.2, 0) is 11.3 Å². The zero-order chi connectivity index (χ0) is 21.2. The number of aryl methyl sites for hydroxylation is 1. The average molecular weight is 419 g/mol. The molecule has 4 heterocycles. The van der Waals surface area contributed by atoms with Crippen molar-refractivity contribution in [3.05, 3.63) is 54.4 Å². The molecule has 0 unspecified atom stereocenters. The molecule has 0 atom stereocenters. The Bertz CT molecular complexity index is 1050. The van der Waals surface area contributed by atoms with Crippen molar-refractivity contribution in [3.8, 4) is 11.1 Å². The van der Waals surface area contributed by atoms with E-state index in [4.69, 9.17) is 4.74 Å². The van der Waals surface area contributed by atoms with E-state index in [1.807, 2.05) is 43.7 Å². The Hall–Kier alpha value is -3.26. The van der Waals surface area contributed by atoms with Gasteiger partial charge in [0.25, 0.3) is 5.91 Å². The monoisotopic (exact) mass is 418 g/mol. The van der Waals surface area contributed by atoms with E-state index >= 15 is 0 Å². The Morgan fingerprint density at radius 3 is 2.55 bits per heavy atom. The van der Waals surface area contributed by atoms with Gasteiger partial charge in [0.15, 0.2) is 0 Å². The molecule has 0 bridgehead atoms. The van der Waals surface area contributed by atoms with Crippen molar-refractivity contribution in [1.82, 2.24) is 19.5 Å². The summed E-state index contributed by atoms with van der Waals surface area (Å²) in [5, 5.41) is 2.96. The van der Waals surface area contributed by atoms with Gasteiger partial charge in [0.2, 0.25) is 5.95 Å². The topological polar surface area (TPSA) is 85.2 Å². The molecule has 3 aromatic heterocycles. The number of aromatic nitrogens is 4. The highest BCUT2D eigenvalue weighted by atomic mass is 16.5. The van der Waals surface area contributed by atoms with Crippen LogP contribution >= 0.6 is 0 Å². The molecule has 8 heteroatoms. The number of rotatable bonds is 6. The second-order valence-corrected chi connectivity index (χ2v) is 8.22. The summed E-state index contributed by atoms with van der Waals surface area (Å²) in [6.07, 6.45) is 9.82. The molecule has 1 aliphatic heterocycles. The molecule has 5 rings (SSSR count). The number of nitrogens with one attached hydrogen (secondary N) is 1. The Balaban J connectivity index is 1.38. The lowest BCUT2D eigenvalue weighted by Crippen LogP contribution is -2.37. The lowest BCUT2D eigenvalue weighted by molar-refractivity contribution is 0.101. The highest BCUT2D eigenvalue weighted by Crippen LogP contribution is 2.32. The van der Waals surface area contributed by atoms with Crippen molar-refractivity contribution < 1.29 is 9.53 Å². The van der Waals surface area contributed by atoms with E-state index in [1.54, 1.807) is 6.20 Å². The van der Waals surface area contributed by atoms with Gasteiger partial charge in [0.05, 0.1) is 25.1 Å². The van der Waals surface area contributed by atoms with Crippen molar-refractivity contribution in [2.45, 2.75) is 26.3 Å². The normalized spacial score (nSPS) is 16.4. The Kier molecular flexibility index (Phi) is 5.38. The minimum atomic E-state index is -0.136. The zero-order valence-corrected chi connectivity index (χ0v) is 17.6.